The largest absolute Gasteiger partial charge is 0.481 e. The van der Waals surface area contributed by atoms with Gasteiger partial charge in [-0.3, -0.25) is 4.79 Å². The summed E-state index contributed by atoms with van der Waals surface area (Å²) < 4.78 is 2.20. The van der Waals surface area contributed by atoms with E-state index >= 15 is 0 Å². The predicted molar refractivity (Wildman–Crippen MR) is 128 cm³/mol. The van der Waals surface area contributed by atoms with Gasteiger partial charge >= 0.3 is 5.97 Å². The number of nitrogens with one attached hydrogen (secondary N) is 2. The fraction of sp³-hybridized carbons (Fsp3) is 0.500. The highest BCUT2D eigenvalue weighted by atomic mass is 16.4. The third kappa shape index (κ3) is 4.93. The van der Waals surface area contributed by atoms with Crippen LogP contribution in [0.1, 0.15) is 63.0 Å². The molecule has 5 N–H and O–H groups in total. The summed E-state index contributed by atoms with van der Waals surface area (Å²) in [4.78, 5) is 25.3. The second kappa shape index (κ2) is 9.35. The van der Waals surface area contributed by atoms with Gasteiger partial charge in [0, 0.05) is 23.8 Å². The van der Waals surface area contributed by atoms with Gasteiger partial charge in [-0.25, -0.2) is 4.98 Å². The number of nitrogens with two attached hydrogens (primary N) is 1. The summed E-state index contributed by atoms with van der Waals surface area (Å²) in [6.07, 6.45) is 10.7. The highest BCUT2D eigenvalue weighted by Gasteiger charge is 2.24. The average molecular weight is 450 g/mol. The van der Waals surface area contributed by atoms with Crippen LogP contribution in [-0.4, -0.2) is 42.7 Å². The van der Waals surface area contributed by atoms with Crippen molar-refractivity contribution in [3.05, 3.63) is 36.2 Å². The van der Waals surface area contributed by atoms with Crippen molar-refractivity contribution in [1.82, 2.24) is 19.5 Å². The van der Waals surface area contributed by atoms with Crippen molar-refractivity contribution in [3.63, 3.8) is 0 Å². The summed E-state index contributed by atoms with van der Waals surface area (Å²) in [5.74, 6) is 0.413. The van der Waals surface area contributed by atoms with Crippen molar-refractivity contribution in [2.24, 2.45) is 5.73 Å². The number of aromatic nitrogens is 4. The summed E-state index contributed by atoms with van der Waals surface area (Å²) >= 11 is 0. The highest BCUT2D eigenvalue weighted by molar-refractivity contribution is 5.86. The van der Waals surface area contributed by atoms with Crippen molar-refractivity contribution in [3.8, 4) is 0 Å². The molecular formula is C24H31N7O2. The number of carbonyl (C=O) groups is 1. The number of nitrogens with zero attached hydrogens (tertiary/aromatic N) is 4. The fourth-order valence-corrected chi connectivity index (χ4v) is 4.98. The molecule has 0 bridgehead atoms. The molecule has 0 unspecified atom stereocenters. The van der Waals surface area contributed by atoms with Gasteiger partial charge in [-0.05, 0) is 56.2 Å². The molecule has 2 aliphatic rings. The molecule has 9 nitrogen and oxygen atoms in total. The molecule has 0 atom stereocenters. The molecule has 2 heterocycles. The van der Waals surface area contributed by atoms with Crippen molar-refractivity contribution in [1.29, 1.82) is 0 Å². The van der Waals surface area contributed by atoms with Gasteiger partial charge in [0.05, 0.1) is 12.7 Å². The first-order valence-corrected chi connectivity index (χ1v) is 11.9. The Hall–Kier alpha value is -3.20. The van der Waals surface area contributed by atoms with E-state index in [2.05, 4.69) is 20.2 Å². The number of rotatable bonds is 7. The molecule has 5 rings (SSSR count). The molecule has 2 saturated carbocycles. The Balaban J connectivity index is 1.45. The molecule has 2 aliphatic carbocycles. The molecule has 2 fully saturated rings. The quantitative estimate of drug-likeness (QED) is 0.426. The van der Waals surface area contributed by atoms with Crippen LogP contribution < -0.4 is 16.4 Å². The lowest BCUT2D eigenvalue weighted by Crippen LogP contribution is -2.33. The molecule has 1 aromatic carbocycles. The molecule has 33 heavy (non-hydrogen) atoms. The smallest absolute Gasteiger partial charge is 0.307 e. The minimum atomic E-state index is -0.843. The van der Waals surface area contributed by atoms with Crippen molar-refractivity contribution < 1.29 is 9.90 Å². The zero-order chi connectivity index (χ0) is 22.8. The Bertz CT molecular complexity index is 1110. The number of aliphatic carboxylic acids is 1. The zero-order valence-corrected chi connectivity index (χ0v) is 18.7. The van der Waals surface area contributed by atoms with E-state index in [0.717, 1.165) is 60.9 Å². The van der Waals surface area contributed by atoms with Crippen LogP contribution in [0.5, 0.6) is 0 Å². The summed E-state index contributed by atoms with van der Waals surface area (Å²) in [7, 11) is 0. The molecule has 0 aliphatic heterocycles. The van der Waals surface area contributed by atoms with Crippen molar-refractivity contribution in [2.75, 3.05) is 10.6 Å². The minimum absolute atomic E-state index is 0.00292. The minimum Gasteiger partial charge on any atom is -0.481 e. The molecule has 3 aromatic rings. The maximum absolute atomic E-state index is 11.0. The lowest BCUT2D eigenvalue weighted by atomic mass is 9.92. The first-order chi connectivity index (χ1) is 16.0. The van der Waals surface area contributed by atoms with Gasteiger partial charge in [0.25, 0.3) is 0 Å². The number of hydrogen-bond donors (Lipinski definition) is 4. The number of hydrogen-bond acceptors (Lipinski definition) is 7. The van der Waals surface area contributed by atoms with E-state index in [0.29, 0.717) is 23.8 Å². The van der Waals surface area contributed by atoms with E-state index in [1.807, 2.05) is 30.6 Å². The number of carboxylic acid groups (broad SMARTS) is 1. The topological polar surface area (TPSA) is 131 Å². The Labute approximate surface area is 192 Å². The fourth-order valence-electron chi connectivity index (χ4n) is 4.98. The van der Waals surface area contributed by atoms with Crippen LogP contribution in [-0.2, 0) is 11.2 Å². The van der Waals surface area contributed by atoms with Gasteiger partial charge in [0.1, 0.15) is 0 Å². The van der Waals surface area contributed by atoms with Gasteiger partial charge < -0.3 is 26.0 Å². The van der Waals surface area contributed by atoms with Crippen molar-refractivity contribution >= 4 is 34.6 Å². The number of fused-ring (bicyclic) bond motifs is 1. The SMILES string of the molecule is N[C@H]1CC[C@H](Nc2nc(Nc3ccc(CC(=O)O)cc3)c3ncn(C4CCCC4)c3n2)CC1. The summed E-state index contributed by atoms with van der Waals surface area (Å²) in [6.45, 7) is 0. The Morgan fingerprint density at radius 3 is 2.48 bits per heavy atom. The lowest BCUT2D eigenvalue weighted by molar-refractivity contribution is -0.136. The molecule has 174 valence electrons. The molecular weight excluding hydrogens is 418 g/mol. The maximum Gasteiger partial charge on any atom is 0.307 e. The normalized spacial score (nSPS) is 21.4. The number of anilines is 3. The average Bonchev–Trinajstić information content (AvgIpc) is 3.46. The molecule has 0 spiro atoms. The van der Waals surface area contributed by atoms with Crippen LogP contribution >= 0.6 is 0 Å². The first kappa shape index (κ1) is 21.6. The Morgan fingerprint density at radius 1 is 1.06 bits per heavy atom. The molecule has 0 radical (unpaired) electrons. The van der Waals surface area contributed by atoms with E-state index in [4.69, 9.17) is 20.8 Å². The van der Waals surface area contributed by atoms with E-state index in [1.165, 1.54) is 12.8 Å². The van der Waals surface area contributed by atoms with Crippen LogP contribution in [0.15, 0.2) is 30.6 Å². The third-order valence-electron chi connectivity index (χ3n) is 6.82. The number of imidazole rings is 1. The summed E-state index contributed by atoms with van der Waals surface area (Å²) in [6, 6.07) is 8.40. The predicted octanol–water partition coefficient (Wildman–Crippen LogP) is 3.99. The van der Waals surface area contributed by atoms with E-state index in [1.54, 1.807) is 0 Å². The second-order valence-electron chi connectivity index (χ2n) is 9.31. The Kier molecular flexibility index (Phi) is 6.13. The monoisotopic (exact) mass is 449 g/mol. The molecule has 2 aromatic heterocycles. The van der Waals surface area contributed by atoms with Gasteiger partial charge in [0.2, 0.25) is 5.95 Å². The standard InChI is InChI=1S/C24H31N7O2/c25-16-7-11-18(12-8-16)28-24-29-22(27-17-9-5-15(6-10-17)13-20(32)33)21-23(30-24)31(14-26-21)19-3-1-2-4-19/h5-6,9-10,14,16,18-19H,1-4,7-8,11-13,25H2,(H,32,33)(H2,27,28,29,30)/t16-,18-. The third-order valence-corrected chi connectivity index (χ3v) is 6.82. The van der Waals surface area contributed by atoms with E-state index < -0.39 is 5.97 Å². The van der Waals surface area contributed by atoms with Crippen LogP contribution in [0.3, 0.4) is 0 Å². The summed E-state index contributed by atoms with van der Waals surface area (Å²) in [5, 5.41) is 15.9. The van der Waals surface area contributed by atoms with Crippen LogP contribution in [0, 0.1) is 0 Å². The lowest BCUT2D eigenvalue weighted by Gasteiger charge is -2.27. The molecule has 0 amide bonds. The molecule has 9 heteroatoms. The highest BCUT2D eigenvalue weighted by Crippen LogP contribution is 2.34. The van der Waals surface area contributed by atoms with Crippen LogP contribution in [0.2, 0.25) is 0 Å². The van der Waals surface area contributed by atoms with Crippen molar-refractivity contribution in [2.45, 2.75) is 75.9 Å². The van der Waals surface area contributed by atoms with Gasteiger partial charge in [-0.1, -0.05) is 25.0 Å². The Morgan fingerprint density at radius 2 is 1.79 bits per heavy atom. The summed E-state index contributed by atoms with van der Waals surface area (Å²) in [5.41, 5.74) is 9.24. The van der Waals surface area contributed by atoms with Gasteiger partial charge in [0.15, 0.2) is 17.0 Å². The van der Waals surface area contributed by atoms with Crippen LogP contribution in [0.25, 0.3) is 11.2 Å². The zero-order valence-electron chi connectivity index (χ0n) is 18.7. The second-order valence-corrected chi connectivity index (χ2v) is 9.31. The van der Waals surface area contributed by atoms with Crippen LogP contribution in [0.4, 0.5) is 17.5 Å². The maximum atomic E-state index is 11.0. The van der Waals surface area contributed by atoms with E-state index in [-0.39, 0.29) is 12.5 Å². The number of carboxylic acids is 1. The molecule has 0 saturated heterocycles. The first-order valence-electron chi connectivity index (χ1n) is 11.9. The van der Waals surface area contributed by atoms with Gasteiger partial charge in [-0.2, -0.15) is 9.97 Å². The van der Waals surface area contributed by atoms with Gasteiger partial charge in [-0.15, -0.1) is 0 Å². The van der Waals surface area contributed by atoms with E-state index in [9.17, 15) is 4.79 Å². The number of benzene rings is 1.